The third-order valence-corrected chi connectivity index (χ3v) is 4.26. The van der Waals surface area contributed by atoms with E-state index >= 15 is 0 Å². The smallest absolute Gasteiger partial charge is 0.147 e. The molecule has 1 atom stereocenters. The fourth-order valence-corrected chi connectivity index (χ4v) is 3.04. The van der Waals surface area contributed by atoms with Crippen LogP contribution >= 0.6 is 27.5 Å². The molecule has 0 heterocycles. The molecule has 1 aromatic carbocycles. The molecule has 96 valence electrons. The van der Waals surface area contributed by atoms with Crippen molar-refractivity contribution < 1.29 is 8.42 Å². The number of halogens is 2. The second kappa shape index (κ2) is 6.18. The first-order valence-corrected chi connectivity index (χ1v) is 8.36. The maximum atomic E-state index is 11.2. The average molecular weight is 341 g/mol. The Balaban J connectivity index is 2.86. The SMILES string of the molecule is CNC(CCS(C)(=O)=O)c1ccc(Br)cc1Cl. The topological polar surface area (TPSA) is 46.2 Å². The molecule has 3 nitrogen and oxygen atoms in total. The van der Waals surface area contributed by atoms with Gasteiger partial charge in [0.1, 0.15) is 9.84 Å². The lowest BCUT2D eigenvalue weighted by Crippen LogP contribution is -2.20. The second-order valence-electron chi connectivity index (χ2n) is 3.93. The molecule has 0 saturated heterocycles. The summed E-state index contributed by atoms with van der Waals surface area (Å²) in [5.41, 5.74) is 0.918. The molecular weight excluding hydrogens is 326 g/mol. The van der Waals surface area contributed by atoms with Crippen molar-refractivity contribution in [1.82, 2.24) is 5.32 Å². The van der Waals surface area contributed by atoms with Crippen LogP contribution in [0.5, 0.6) is 0 Å². The third kappa shape index (κ3) is 4.95. The highest BCUT2D eigenvalue weighted by Gasteiger charge is 2.15. The van der Waals surface area contributed by atoms with Gasteiger partial charge in [0, 0.05) is 21.8 Å². The van der Waals surface area contributed by atoms with Gasteiger partial charge in [0.15, 0.2) is 0 Å². The van der Waals surface area contributed by atoms with Crippen LogP contribution < -0.4 is 5.32 Å². The summed E-state index contributed by atoms with van der Waals surface area (Å²) >= 11 is 9.47. The molecule has 0 aliphatic heterocycles. The standard InChI is InChI=1S/C11H15BrClNO2S/c1-14-11(5-6-17(2,15)16)9-4-3-8(12)7-10(9)13/h3-4,7,11,14H,5-6H2,1-2H3. The minimum atomic E-state index is -2.95. The van der Waals surface area contributed by atoms with Gasteiger partial charge in [-0.15, -0.1) is 0 Å². The molecular formula is C11H15BrClNO2S. The molecule has 6 heteroatoms. The lowest BCUT2D eigenvalue weighted by atomic mass is 10.1. The predicted octanol–water partition coefficient (Wildman–Crippen LogP) is 2.80. The quantitative estimate of drug-likeness (QED) is 0.896. The normalized spacial score (nSPS) is 13.6. The van der Waals surface area contributed by atoms with E-state index in [0.29, 0.717) is 11.4 Å². The van der Waals surface area contributed by atoms with Crippen molar-refractivity contribution in [3.8, 4) is 0 Å². The Kier molecular flexibility index (Phi) is 5.44. The van der Waals surface area contributed by atoms with E-state index in [0.717, 1.165) is 10.0 Å². The van der Waals surface area contributed by atoms with Crippen molar-refractivity contribution in [2.45, 2.75) is 12.5 Å². The van der Waals surface area contributed by atoms with Gasteiger partial charge in [-0.05, 0) is 31.2 Å². The predicted molar refractivity (Wildman–Crippen MR) is 75.3 cm³/mol. The zero-order chi connectivity index (χ0) is 13.1. The number of hydrogen-bond acceptors (Lipinski definition) is 3. The number of sulfone groups is 1. The minimum Gasteiger partial charge on any atom is -0.313 e. The van der Waals surface area contributed by atoms with Gasteiger partial charge in [-0.25, -0.2) is 8.42 Å². The van der Waals surface area contributed by atoms with E-state index in [-0.39, 0.29) is 11.8 Å². The molecule has 1 aromatic rings. The highest BCUT2D eigenvalue weighted by molar-refractivity contribution is 9.10. The number of rotatable bonds is 5. The molecule has 0 spiro atoms. The molecule has 0 bridgehead atoms. The lowest BCUT2D eigenvalue weighted by Gasteiger charge is -2.17. The zero-order valence-electron chi connectivity index (χ0n) is 9.70. The summed E-state index contributed by atoms with van der Waals surface area (Å²) in [6.45, 7) is 0. The van der Waals surface area contributed by atoms with Gasteiger partial charge in [-0.2, -0.15) is 0 Å². The Hall–Kier alpha value is -0.100. The molecule has 0 radical (unpaired) electrons. The van der Waals surface area contributed by atoms with Crippen molar-refractivity contribution in [1.29, 1.82) is 0 Å². The minimum absolute atomic E-state index is 0.0506. The Morgan fingerprint density at radius 1 is 1.47 bits per heavy atom. The average Bonchev–Trinajstić information content (AvgIpc) is 2.19. The van der Waals surface area contributed by atoms with Crippen molar-refractivity contribution >= 4 is 37.4 Å². The second-order valence-corrected chi connectivity index (χ2v) is 7.51. The van der Waals surface area contributed by atoms with Gasteiger partial charge in [0.25, 0.3) is 0 Å². The Labute approximate surface area is 116 Å². The summed E-state index contributed by atoms with van der Waals surface area (Å²) in [6, 6.07) is 5.55. The third-order valence-electron chi connectivity index (χ3n) is 2.46. The van der Waals surface area contributed by atoms with Crippen LogP contribution in [0.1, 0.15) is 18.0 Å². The van der Waals surface area contributed by atoms with E-state index in [1.54, 1.807) is 7.05 Å². The molecule has 0 aliphatic carbocycles. The van der Waals surface area contributed by atoms with Gasteiger partial charge in [0.05, 0.1) is 5.75 Å². The number of hydrogen-bond donors (Lipinski definition) is 1. The maximum Gasteiger partial charge on any atom is 0.147 e. The first-order chi connectivity index (χ1) is 7.83. The van der Waals surface area contributed by atoms with Gasteiger partial charge >= 0.3 is 0 Å². The highest BCUT2D eigenvalue weighted by atomic mass is 79.9. The van der Waals surface area contributed by atoms with E-state index in [1.807, 2.05) is 18.2 Å². The molecule has 1 unspecified atom stereocenters. The molecule has 0 fully saturated rings. The maximum absolute atomic E-state index is 11.2. The summed E-state index contributed by atoms with van der Waals surface area (Å²) < 4.78 is 23.2. The van der Waals surface area contributed by atoms with Gasteiger partial charge in [0.2, 0.25) is 0 Å². The van der Waals surface area contributed by atoms with Crippen molar-refractivity contribution in [3.63, 3.8) is 0 Å². The number of nitrogens with one attached hydrogen (secondary N) is 1. The molecule has 0 aliphatic rings. The summed E-state index contributed by atoms with van der Waals surface area (Å²) in [4.78, 5) is 0. The number of benzene rings is 1. The first-order valence-electron chi connectivity index (χ1n) is 5.13. The molecule has 17 heavy (non-hydrogen) atoms. The van der Waals surface area contributed by atoms with Crippen LogP contribution in [0, 0.1) is 0 Å². The molecule has 1 N–H and O–H groups in total. The van der Waals surface area contributed by atoms with Gasteiger partial charge in [-0.1, -0.05) is 33.6 Å². The zero-order valence-corrected chi connectivity index (χ0v) is 12.9. The van der Waals surface area contributed by atoms with Crippen molar-refractivity contribution in [2.75, 3.05) is 19.1 Å². The first kappa shape index (κ1) is 15.0. The van der Waals surface area contributed by atoms with Crippen LogP contribution in [0.2, 0.25) is 5.02 Å². The van der Waals surface area contributed by atoms with E-state index < -0.39 is 9.84 Å². The van der Waals surface area contributed by atoms with E-state index in [4.69, 9.17) is 11.6 Å². The van der Waals surface area contributed by atoms with Crippen molar-refractivity contribution in [3.05, 3.63) is 33.3 Å². The summed E-state index contributed by atoms with van der Waals surface area (Å²) in [6.07, 6.45) is 1.75. The Morgan fingerprint density at radius 3 is 2.59 bits per heavy atom. The monoisotopic (exact) mass is 339 g/mol. The van der Waals surface area contributed by atoms with Crippen LogP contribution in [0.3, 0.4) is 0 Å². The molecule has 0 saturated carbocycles. The highest BCUT2D eigenvalue weighted by Crippen LogP contribution is 2.28. The fraction of sp³-hybridized carbons (Fsp3) is 0.455. The van der Waals surface area contributed by atoms with E-state index in [2.05, 4.69) is 21.2 Å². The van der Waals surface area contributed by atoms with E-state index in [9.17, 15) is 8.42 Å². The van der Waals surface area contributed by atoms with Crippen LogP contribution in [-0.2, 0) is 9.84 Å². The summed E-state index contributed by atoms with van der Waals surface area (Å²) in [5, 5.41) is 3.72. The van der Waals surface area contributed by atoms with Crippen LogP contribution in [-0.4, -0.2) is 27.5 Å². The molecule has 0 aromatic heterocycles. The van der Waals surface area contributed by atoms with E-state index in [1.165, 1.54) is 6.26 Å². The van der Waals surface area contributed by atoms with Gasteiger partial charge in [-0.3, -0.25) is 0 Å². The largest absolute Gasteiger partial charge is 0.313 e. The molecule has 1 rings (SSSR count). The lowest BCUT2D eigenvalue weighted by molar-refractivity contribution is 0.559. The van der Waals surface area contributed by atoms with Gasteiger partial charge < -0.3 is 5.32 Å². The Bertz CT molecular complexity index is 490. The summed E-state index contributed by atoms with van der Waals surface area (Å²) in [5.74, 6) is 0.144. The van der Waals surface area contributed by atoms with Crippen LogP contribution in [0.25, 0.3) is 0 Å². The fourth-order valence-electron chi connectivity index (χ4n) is 1.57. The van der Waals surface area contributed by atoms with Crippen LogP contribution in [0.4, 0.5) is 0 Å². The van der Waals surface area contributed by atoms with Crippen LogP contribution in [0.15, 0.2) is 22.7 Å². The van der Waals surface area contributed by atoms with Crippen molar-refractivity contribution in [2.24, 2.45) is 0 Å². The summed E-state index contributed by atoms with van der Waals surface area (Å²) in [7, 11) is -1.15. The Morgan fingerprint density at radius 2 is 2.12 bits per heavy atom. The molecule has 0 amide bonds.